The van der Waals surface area contributed by atoms with E-state index in [0.29, 0.717) is 24.3 Å². The number of anilines is 1. The minimum atomic E-state index is -0.869. The molecule has 2 rings (SSSR count). The number of hydrogen-bond donors (Lipinski definition) is 2. The second-order valence-corrected chi connectivity index (χ2v) is 10.8. The maximum Gasteiger partial charge on any atom is 0.324 e. The lowest BCUT2D eigenvalue weighted by Gasteiger charge is -2.41. The highest BCUT2D eigenvalue weighted by atomic mass is 32.2. The summed E-state index contributed by atoms with van der Waals surface area (Å²) in [7, 11) is 1.68. The number of ether oxygens (including phenoxy) is 2. The summed E-state index contributed by atoms with van der Waals surface area (Å²) < 4.78 is 11.6. The SMILES string of the molecule is CCCC(CCC)N(C(=O)Nc1ncc(SCC(=O)O)s1)C1CCC(COCCOC)CC1. The number of thioether (sulfide) groups is 1. The number of nitrogens with one attached hydrogen (secondary N) is 1. The van der Waals surface area contributed by atoms with E-state index in [9.17, 15) is 9.59 Å². The Morgan fingerprint density at radius 1 is 1.24 bits per heavy atom. The number of aliphatic carboxylic acids is 1. The first-order valence-corrected chi connectivity index (χ1v) is 13.7. The first-order chi connectivity index (χ1) is 16.0. The molecule has 0 saturated heterocycles. The van der Waals surface area contributed by atoms with E-state index in [1.54, 1.807) is 13.3 Å². The van der Waals surface area contributed by atoms with E-state index >= 15 is 0 Å². The first-order valence-electron chi connectivity index (χ1n) is 11.9. The maximum absolute atomic E-state index is 13.4. The van der Waals surface area contributed by atoms with Crippen molar-refractivity contribution in [1.29, 1.82) is 0 Å². The van der Waals surface area contributed by atoms with Gasteiger partial charge in [-0.05, 0) is 44.4 Å². The predicted octanol–water partition coefficient (Wildman–Crippen LogP) is 5.34. The van der Waals surface area contributed by atoms with Gasteiger partial charge in [-0.3, -0.25) is 10.1 Å². The summed E-state index contributed by atoms with van der Waals surface area (Å²) in [5.41, 5.74) is 0. The van der Waals surface area contributed by atoms with Crippen molar-refractivity contribution in [3.63, 3.8) is 0 Å². The number of nitrogens with zero attached hydrogens (tertiary/aromatic N) is 2. The Bertz CT molecular complexity index is 704. The number of carboxylic acids is 1. The van der Waals surface area contributed by atoms with Crippen molar-refractivity contribution in [3.05, 3.63) is 6.20 Å². The minimum Gasteiger partial charge on any atom is -0.481 e. The Morgan fingerprint density at radius 2 is 1.94 bits per heavy atom. The van der Waals surface area contributed by atoms with Crippen LogP contribution < -0.4 is 5.32 Å². The minimum absolute atomic E-state index is 0.0186. The number of methoxy groups -OCH3 is 1. The van der Waals surface area contributed by atoms with Crippen molar-refractivity contribution >= 4 is 40.2 Å². The van der Waals surface area contributed by atoms with E-state index in [4.69, 9.17) is 14.6 Å². The molecule has 1 aromatic rings. The van der Waals surface area contributed by atoms with Crippen LogP contribution >= 0.6 is 23.1 Å². The summed E-state index contributed by atoms with van der Waals surface area (Å²) in [6, 6.07) is 0.329. The van der Waals surface area contributed by atoms with Crippen molar-refractivity contribution < 1.29 is 24.2 Å². The molecular formula is C23H39N3O5S2. The lowest BCUT2D eigenvalue weighted by atomic mass is 9.84. The second-order valence-electron chi connectivity index (χ2n) is 8.48. The molecule has 0 spiro atoms. The summed E-state index contributed by atoms with van der Waals surface area (Å²) in [6.45, 7) is 6.33. The van der Waals surface area contributed by atoms with Crippen LogP contribution in [0.5, 0.6) is 0 Å². The third-order valence-electron chi connectivity index (χ3n) is 5.90. The Hall–Kier alpha value is -1.36. The molecule has 8 nitrogen and oxygen atoms in total. The lowest BCUT2D eigenvalue weighted by Crippen LogP contribution is -2.50. The van der Waals surface area contributed by atoms with Gasteiger partial charge < -0.3 is 19.5 Å². The molecule has 0 radical (unpaired) electrons. The van der Waals surface area contributed by atoms with Crippen molar-refractivity contribution in [2.24, 2.45) is 5.92 Å². The molecule has 0 aliphatic heterocycles. The molecule has 1 fully saturated rings. The molecule has 0 atom stereocenters. The van der Waals surface area contributed by atoms with E-state index in [0.717, 1.165) is 62.2 Å². The number of carboxylic acid groups (broad SMARTS) is 1. The first kappa shape index (κ1) is 27.9. The smallest absolute Gasteiger partial charge is 0.324 e. The predicted molar refractivity (Wildman–Crippen MR) is 133 cm³/mol. The van der Waals surface area contributed by atoms with Gasteiger partial charge in [-0.25, -0.2) is 9.78 Å². The maximum atomic E-state index is 13.4. The molecule has 0 unspecified atom stereocenters. The molecule has 33 heavy (non-hydrogen) atoms. The summed E-state index contributed by atoms with van der Waals surface area (Å²) >= 11 is 2.54. The van der Waals surface area contributed by atoms with Gasteiger partial charge in [-0.1, -0.05) is 38.0 Å². The van der Waals surface area contributed by atoms with Crippen LogP contribution in [0.2, 0.25) is 0 Å². The molecule has 1 heterocycles. The van der Waals surface area contributed by atoms with E-state index in [2.05, 4.69) is 29.0 Å². The molecule has 0 bridgehead atoms. The number of carbonyl (C=O) groups is 2. The van der Waals surface area contributed by atoms with E-state index in [1.807, 2.05) is 0 Å². The summed E-state index contributed by atoms with van der Waals surface area (Å²) in [6.07, 6.45) is 9.73. The van der Waals surface area contributed by atoms with Crippen LogP contribution in [0.3, 0.4) is 0 Å². The summed E-state index contributed by atoms with van der Waals surface area (Å²) in [5.74, 6) is -0.353. The Kier molecular flexibility index (Phi) is 13.1. The Morgan fingerprint density at radius 3 is 2.55 bits per heavy atom. The normalized spacial score (nSPS) is 18.4. The van der Waals surface area contributed by atoms with Gasteiger partial charge >= 0.3 is 12.0 Å². The molecule has 1 aliphatic carbocycles. The largest absolute Gasteiger partial charge is 0.481 e. The molecule has 2 amide bonds. The van der Waals surface area contributed by atoms with E-state index < -0.39 is 5.97 Å². The summed E-state index contributed by atoms with van der Waals surface area (Å²) in [5, 5.41) is 12.4. The standard InChI is InChI=1S/C23H39N3O5S2/c1-4-6-18(7-5-2)26(19-10-8-17(9-11-19)15-31-13-12-30-3)23(29)25-22-24-14-21(33-22)32-16-20(27)28/h14,17-19H,4-13,15-16H2,1-3H3,(H,27,28)(H,24,25,29). The van der Waals surface area contributed by atoms with Crippen LogP contribution in [0.15, 0.2) is 10.4 Å². The molecule has 188 valence electrons. The average molecular weight is 502 g/mol. The van der Waals surface area contributed by atoms with Gasteiger partial charge in [-0.2, -0.15) is 0 Å². The number of rotatable bonds is 15. The number of thiazole rings is 1. The van der Waals surface area contributed by atoms with Crippen molar-refractivity contribution in [1.82, 2.24) is 9.88 Å². The van der Waals surface area contributed by atoms with Crippen LogP contribution in [0, 0.1) is 5.92 Å². The topological polar surface area (TPSA) is 101 Å². The zero-order valence-electron chi connectivity index (χ0n) is 20.1. The number of hydrogen-bond acceptors (Lipinski definition) is 7. The average Bonchev–Trinajstić information content (AvgIpc) is 3.24. The number of urea groups is 1. The fraction of sp³-hybridized carbons (Fsp3) is 0.783. The molecule has 1 aromatic heterocycles. The fourth-order valence-electron chi connectivity index (χ4n) is 4.37. The highest BCUT2D eigenvalue weighted by Crippen LogP contribution is 2.33. The van der Waals surface area contributed by atoms with Gasteiger partial charge in [0.05, 0.1) is 29.4 Å². The van der Waals surface area contributed by atoms with Crippen LogP contribution in [-0.2, 0) is 14.3 Å². The van der Waals surface area contributed by atoms with Gasteiger partial charge in [-0.15, -0.1) is 11.8 Å². The summed E-state index contributed by atoms with van der Waals surface area (Å²) in [4.78, 5) is 30.6. The van der Waals surface area contributed by atoms with Crippen LogP contribution in [-0.4, -0.2) is 71.8 Å². The second kappa shape index (κ2) is 15.5. The Labute approximate surface area is 205 Å². The molecule has 1 aliphatic rings. The number of carbonyl (C=O) groups excluding carboxylic acids is 1. The van der Waals surface area contributed by atoms with E-state index in [1.165, 1.54) is 23.1 Å². The number of aromatic nitrogens is 1. The monoisotopic (exact) mass is 501 g/mol. The van der Waals surface area contributed by atoms with Gasteiger partial charge in [0.1, 0.15) is 0 Å². The number of amides is 2. The quantitative estimate of drug-likeness (QED) is 0.247. The van der Waals surface area contributed by atoms with Crippen LogP contribution in [0.1, 0.15) is 65.2 Å². The molecular weight excluding hydrogens is 462 g/mol. The van der Waals surface area contributed by atoms with Gasteiger partial charge in [0.2, 0.25) is 0 Å². The van der Waals surface area contributed by atoms with Gasteiger partial charge in [0.15, 0.2) is 5.13 Å². The molecule has 1 saturated carbocycles. The lowest BCUT2D eigenvalue weighted by molar-refractivity contribution is -0.133. The van der Waals surface area contributed by atoms with Crippen molar-refractivity contribution in [2.75, 3.05) is 38.0 Å². The zero-order chi connectivity index (χ0) is 24.1. The highest BCUT2D eigenvalue weighted by Gasteiger charge is 2.33. The fourth-order valence-corrected chi connectivity index (χ4v) is 5.96. The molecule has 2 N–H and O–H groups in total. The highest BCUT2D eigenvalue weighted by molar-refractivity contribution is 8.01. The van der Waals surface area contributed by atoms with Crippen molar-refractivity contribution in [2.45, 2.75) is 81.5 Å². The van der Waals surface area contributed by atoms with Crippen molar-refractivity contribution in [3.8, 4) is 0 Å². The molecule has 0 aromatic carbocycles. The third kappa shape index (κ3) is 9.80. The van der Waals surface area contributed by atoms with Gasteiger partial charge in [0.25, 0.3) is 0 Å². The Balaban J connectivity index is 2.01. The zero-order valence-corrected chi connectivity index (χ0v) is 21.7. The molecule has 10 heteroatoms. The van der Waals surface area contributed by atoms with Crippen LogP contribution in [0.4, 0.5) is 9.93 Å². The third-order valence-corrected chi connectivity index (χ3v) is 8.00. The van der Waals surface area contributed by atoms with Gasteiger partial charge in [0, 0.05) is 25.8 Å². The van der Waals surface area contributed by atoms with E-state index in [-0.39, 0.29) is 23.9 Å². The van der Waals surface area contributed by atoms with Crippen LogP contribution in [0.25, 0.3) is 0 Å².